The van der Waals surface area contributed by atoms with E-state index < -0.39 is 0 Å². The van der Waals surface area contributed by atoms with Crippen molar-refractivity contribution >= 4 is 17.6 Å². The van der Waals surface area contributed by atoms with Gasteiger partial charge in [0.25, 0.3) is 0 Å². The summed E-state index contributed by atoms with van der Waals surface area (Å²) in [5, 5.41) is 4.48. The summed E-state index contributed by atoms with van der Waals surface area (Å²) in [6.45, 7) is 2.49. The van der Waals surface area contributed by atoms with Crippen molar-refractivity contribution in [3.05, 3.63) is 16.9 Å². The number of methoxy groups -OCH3 is 1. The predicted molar refractivity (Wildman–Crippen MR) is 54.6 cm³/mol. The number of esters is 1. The third kappa shape index (κ3) is 3.53. The molecule has 0 saturated carbocycles. The number of rotatable bonds is 5. The van der Waals surface area contributed by atoms with E-state index in [1.807, 2.05) is 0 Å². The van der Waals surface area contributed by atoms with Crippen LogP contribution < -0.4 is 0 Å². The third-order valence-electron chi connectivity index (χ3n) is 1.66. The Hall–Kier alpha value is -1.07. The van der Waals surface area contributed by atoms with Crippen LogP contribution in [0, 0.1) is 0 Å². The first-order valence-electron chi connectivity index (χ1n) is 4.54. The van der Waals surface area contributed by atoms with Crippen LogP contribution in [0.2, 0.25) is 5.15 Å². The molecule has 5 nitrogen and oxygen atoms in total. The van der Waals surface area contributed by atoms with E-state index in [1.165, 1.54) is 4.68 Å². The zero-order valence-electron chi connectivity index (χ0n) is 8.70. The molecule has 1 rings (SSSR count). The fraction of sp³-hybridized carbons (Fsp3) is 0.556. The number of ether oxygens (including phenoxy) is 2. The Balaban J connectivity index is 2.64. The monoisotopic (exact) mass is 232 g/mol. The largest absolute Gasteiger partial charge is 0.465 e. The second kappa shape index (κ2) is 5.72. The van der Waals surface area contributed by atoms with E-state index in [2.05, 4.69) is 5.10 Å². The maximum absolute atomic E-state index is 11.2. The maximum atomic E-state index is 11.2. The molecule has 0 amide bonds. The molecule has 1 heterocycles. The van der Waals surface area contributed by atoms with Gasteiger partial charge in [0.2, 0.25) is 0 Å². The van der Waals surface area contributed by atoms with Gasteiger partial charge < -0.3 is 9.47 Å². The Labute approximate surface area is 92.9 Å². The Bertz CT molecular complexity index is 338. The molecule has 0 radical (unpaired) electrons. The number of carbonyl (C=O) groups excluding carboxylic acids is 1. The van der Waals surface area contributed by atoms with E-state index in [9.17, 15) is 4.79 Å². The van der Waals surface area contributed by atoms with E-state index in [0.717, 1.165) is 0 Å². The van der Waals surface area contributed by atoms with Crippen LogP contribution in [-0.2, 0) is 27.4 Å². The molecule has 0 unspecified atom stereocenters. The molecule has 0 aliphatic carbocycles. The molecule has 0 aliphatic heterocycles. The summed E-state index contributed by atoms with van der Waals surface area (Å²) >= 11 is 5.86. The highest BCUT2D eigenvalue weighted by atomic mass is 35.5. The first-order valence-corrected chi connectivity index (χ1v) is 4.92. The van der Waals surface area contributed by atoms with Crippen molar-refractivity contribution in [2.24, 2.45) is 0 Å². The molecule has 0 N–H and O–H groups in total. The predicted octanol–water partition coefficient (Wildman–Crippen LogP) is 1.25. The fourth-order valence-corrected chi connectivity index (χ4v) is 1.33. The van der Waals surface area contributed by atoms with Crippen LogP contribution in [0.15, 0.2) is 6.07 Å². The normalized spacial score (nSPS) is 10.3. The van der Waals surface area contributed by atoms with E-state index in [-0.39, 0.29) is 12.5 Å². The van der Waals surface area contributed by atoms with Gasteiger partial charge in [0.05, 0.1) is 18.9 Å². The average molecular weight is 233 g/mol. The summed E-state index contributed by atoms with van der Waals surface area (Å²) in [4.78, 5) is 11.2. The number of hydrogen-bond acceptors (Lipinski definition) is 4. The minimum absolute atomic E-state index is 0.0242. The lowest BCUT2D eigenvalue weighted by atomic mass is 10.5. The van der Waals surface area contributed by atoms with Crippen LogP contribution in [0.4, 0.5) is 0 Å². The number of aromatic nitrogens is 2. The van der Waals surface area contributed by atoms with Crippen LogP contribution in [0.5, 0.6) is 0 Å². The lowest BCUT2D eigenvalue weighted by molar-refractivity contribution is -0.144. The van der Waals surface area contributed by atoms with Gasteiger partial charge in [0.15, 0.2) is 0 Å². The third-order valence-corrected chi connectivity index (χ3v) is 1.96. The Morgan fingerprint density at radius 2 is 2.40 bits per heavy atom. The molecule has 1 aromatic rings. The van der Waals surface area contributed by atoms with Crippen LogP contribution >= 0.6 is 11.6 Å². The Kier molecular flexibility index (Phi) is 4.58. The topological polar surface area (TPSA) is 53.4 Å². The molecular weight excluding hydrogens is 220 g/mol. The van der Waals surface area contributed by atoms with Crippen LogP contribution in [0.3, 0.4) is 0 Å². The van der Waals surface area contributed by atoms with Gasteiger partial charge in [-0.25, -0.2) is 4.68 Å². The van der Waals surface area contributed by atoms with Crippen LogP contribution in [0.25, 0.3) is 0 Å². The lowest BCUT2D eigenvalue weighted by Gasteiger charge is -2.02. The molecule has 0 fully saturated rings. The van der Waals surface area contributed by atoms with Gasteiger partial charge >= 0.3 is 5.97 Å². The summed E-state index contributed by atoms with van der Waals surface area (Å²) in [5.41, 5.74) is 0.687. The molecule has 0 saturated heterocycles. The lowest BCUT2D eigenvalue weighted by Crippen LogP contribution is -2.14. The molecule has 0 atom stereocenters. The second-order valence-corrected chi connectivity index (χ2v) is 3.24. The van der Waals surface area contributed by atoms with Crippen molar-refractivity contribution in [1.29, 1.82) is 0 Å². The molecule has 0 aromatic carbocycles. The van der Waals surface area contributed by atoms with Gasteiger partial charge in [-0.05, 0) is 6.92 Å². The minimum atomic E-state index is -0.355. The van der Waals surface area contributed by atoms with Crippen molar-refractivity contribution in [2.45, 2.75) is 20.1 Å². The van der Waals surface area contributed by atoms with Gasteiger partial charge in [-0.1, -0.05) is 11.6 Å². The molecule has 0 spiro atoms. The standard InChI is InChI=1S/C9H13ClN2O3/c1-3-15-9(13)5-12-8(10)4-7(11-12)6-14-2/h4H,3,5-6H2,1-2H3. The van der Waals surface area contributed by atoms with Crippen molar-refractivity contribution in [1.82, 2.24) is 9.78 Å². The first kappa shape index (κ1) is 12.0. The number of carbonyl (C=O) groups is 1. The smallest absolute Gasteiger partial charge is 0.327 e. The minimum Gasteiger partial charge on any atom is -0.465 e. The van der Waals surface area contributed by atoms with Crippen molar-refractivity contribution in [3.63, 3.8) is 0 Å². The first-order chi connectivity index (χ1) is 7.17. The van der Waals surface area contributed by atoms with Gasteiger partial charge in [0.1, 0.15) is 11.7 Å². The van der Waals surface area contributed by atoms with E-state index >= 15 is 0 Å². The van der Waals surface area contributed by atoms with Crippen molar-refractivity contribution in [3.8, 4) is 0 Å². The number of halogens is 1. The highest BCUT2D eigenvalue weighted by Gasteiger charge is 2.10. The van der Waals surface area contributed by atoms with Gasteiger partial charge in [-0.3, -0.25) is 4.79 Å². The summed E-state index contributed by atoms with van der Waals surface area (Å²) in [7, 11) is 1.57. The van der Waals surface area contributed by atoms with Crippen molar-refractivity contribution < 1.29 is 14.3 Å². The number of nitrogens with zero attached hydrogens (tertiary/aromatic N) is 2. The maximum Gasteiger partial charge on any atom is 0.327 e. The molecule has 15 heavy (non-hydrogen) atoms. The highest BCUT2D eigenvalue weighted by molar-refractivity contribution is 6.29. The molecule has 0 bridgehead atoms. The van der Waals surface area contributed by atoms with E-state index in [0.29, 0.717) is 24.1 Å². The quantitative estimate of drug-likeness (QED) is 0.717. The van der Waals surface area contributed by atoms with Gasteiger partial charge in [-0.2, -0.15) is 5.10 Å². The molecule has 0 aliphatic rings. The molecule has 1 aromatic heterocycles. The summed E-state index contributed by atoms with van der Waals surface area (Å²) in [5.74, 6) is -0.355. The second-order valence-electron chi connectivity index (χ2n) is 2.85. The van der Waals surface area contributed by atoms with Crippen LogP contribution in [0.1, 0.15) is 12.6 Å². The Morgan fingerprint density at radius 1 is 1.67 bits per heavy atom. The van der Waals surface area contributed by atoms with Gasteiger partial charge in [0, 0.05) is 13.2 Å². The fourth-order valence-electron chi connectivity index (χ4n) is 1.10. The molecule has 6 heteroatoms. The van der Waals surface area contributed by atoms with Crippen molar-refractivity contribution in [2.75, 3.05) is 13.7 Å². The van der Waals surface area contributed by atoms with Crippen LogP contribution in [-0.4, -0.2) is 29.5 Å². The van der Waals surface area contributed by atoms with E-state index in [4.69, 9.17) is 21.1 Å². The zero-order valence-corrected chi connectivity index (χ0v) is 9.45. The highest BCUT2D eigenvalue weighted by Crippen LogP contribution is 2.11. The van der Waals surface area contributed by atoms with E-state index in [1.54, 1.807) is 20.1 Å². The number of hydrogen-bond donors (Lipinski definition) is 0. The SMILES string of the molecule is CCOC(=O)Cn1nc(COC)cc1Cl. The summed E-state index contributed by atoms with van der Waals surface area (Å²) in [6, 6.07) is 1.66. The zero-order chi connectivity index (χ0) is 11.3. The molecule has 84 valence electrons. The average Bonchev–Trinajstić information content (AvgIpc) is 2.48. The summed E-state index contributed by atoms with van der Waals surface area (Å²) in [6.07, 6.45) is 0. The van der Waals surface area contributed by atoms with Gasteiger partial charge in [-0.15, -0.1) is 0 Å². The summed E-state index contributed by atoms with van der Waals surface area (Å²) < 4.78 is 11.1. The molecular formula is C9H13ClN2O3. The Morgan fingerprint density at radius 3 is 3.00 bits per heavy atom.